The second kappa shape index (κ2) is 9.54. The fraction of sp³-hybridized carbons (Fsp3) is 0.0526. The molecule has 3 aromatic rings. The molecule has 1 unspecified atom stereocenters. The number of anilines is 1. The predicted octanol–water partition coefficient (Wildman–Crippen LogP) is 4.81. The third-order valence-electron chi connectivity index (χ3n) is 3.62. The Morgan fingerprint density at radius 2 is 1.72 bits per heavy atom. The summed E-state index contributed by atoms with van der Waals surface area (Å²) in [6.07, 6.45) is 1.52. The zero-order chi connectivity index (χ0) is 20.8. The van der Waals surface area contributed by atoms with Gasteiger partial charge in [0.25, 0.3) is 0 Å². The van der Waals surface area contributed by atoms with Crippen molar-refractivity contribution in [2.24, 2.45) is 0 Å². The van der Waals surface area contributed by atoms with Gasteiger partial charge in [-0.25, -0.2) is 5.43 Å². The third-order valence-corrected chi connectivity index (χ3v) is 4.46. The van der Waals surface area contributed by atoms with E-state index in [1.165, 1.54) is 18.4 Å². The fourth-order valence-electron chi connectivity index (χ4n) is 2.31. The molecule has 0 saturated heterocycles. The van der Waals surface area contributed by atoms with Gasteiger partial charge < -0.3 is 10.2 Å². The Kier molecular flexibility index (Phi) is 6.86. The maximum Gasteiger partial charge on any atom is 0.239 e. The lowest BCUT2D eigenvalue weighted by molar-refractivity contribution is 0.456. The van der Waals surface area contributed by atoms with Gasteiger partial charge in [-0.3, -0.25) is 4.79 Å². The summed E-state index contributed by atoms with van der Waals surface area (Å²) in [5.41, 5.74) is 7.01. The van der Waals surface area contributed by atoms with Gasteiger partial charge in [0.1, 0.15) is 0 Å². The molecule has 1 atom stereocenters. The molecule has 0 fully saturated rings. The monoisotopic (exact) mass is 446 g/mol. The molecule has 0 bridgehead atoms. The topological polar surface area (TPSA) is 99.9 Å². The van der Waals surface area contributed by atoms with Gasteiger partial charge in [-0.2, -0.15) is 5.26 Å². The summed E-state index contributed by atoms with van der Waals surface area (Å²) in [6, 6.07) is 14.6. The van der Waals surface area contributed by atoms with Crippen LogP contribution in [0.15, 0.2) is 48.5 Å². The van der Waals surface area contributed by atoms with Crippen molar-refractivity contribution < 1.29 is 9.53 Å². The van der Waals surface area contributed by atoms with Crippen molar-refractivity contribution in [1.82, 2.24) is 15.6 Å². The molecule has 0 spiro atoms. The van der Waals surface area contributed by atoms with E-state index in [0.29, 0.717) is 11.3 Å². The largest absolute Gasteiger partial charge is 0.434 e. The zero-order valence-corrected chi connectivity index (χ0v) is 16.8. The highest BCUT2D eigenvalue weighted by Gasteiger charge is 2.15. The number of hydrogen-bond acceptors (Lipinski definition) is 7. The van der Waals surface area contributed by atoms with Crippen LogP contribution in [0.1, 0.15) is 0 Å². The first-order valence-electron chi connectivity index (χ1n) is 8.06. The number of hydrazine groups is 1. The Hall–Kier alpha value is -2.89. The van der Waals surface area contributed by atoms with Crippen LogP contribution in [-0.2, 0) is 4.79 Å². The number of nitrogens with one attached hydrogen (secondary N) is 2. The highest BCUT2D eigenvalue weighted by Crippen LogP contribution is 2.39. The summed E-state index contributed by atoms with van der Waals surface area (Å²) in [7, 11) is 0. The highest BCUT2D eigenvalue weighted by atomic mass is 35.5. The van der Waals surface area contributed by atoms with Crippen LogP contribution in [-0.4, -0.2) is 22.5 Å². The number of rotatable bonds is 7. The van der Waals surface area contributed by atoms with E-state index >= 15 is 0 Å². The third kappa shape index (κ3) is 5.13. The Morgan fingerprint density at radius 3 is 2.34 bits per heavy atom. The molecule has 0 aliphatic heterocycles. The molecule has 29 heavy (non-hydrogen) atoms. The lowest BCUT2D eigenvalue weighted by atomic mass is 10.1. The van der Waals surface area contributed by atoms with Gasteiger partial charge in [-0.05, 0) is 17.7 Å². The summed E-state index contributed by atoms with van der Waals surface area (Å²) >= 11 is 18.7. The molecule has 0 amide bonds. The molecule has 0 saturated carbocycles. The lowest BCUT2D eigenvalue weighted by Crippen LogP contribution is -2.33. The summed E-state index contributed by atoms with van der Waals surface area (Å²) in [4.78, 5) is 10.6. The van der Waals surface area contributed by atoms with E-state index in [4.69, 9.17) is 44.8 Å². The Labute approximate surface area is 181 Å². The molecular formula is C19H11Cl3N5O2. The number of nitrogens with zero attached hydrogens (tertiary/aromatic N) is 3. The molecule has 0 aliphatic rings. The van der Waals surface area contributed by atoms with Crippen molar-refractivity contribution in [1.29, 1.82) is 5.26 Å². The molecular weight excluding hydrogens is 437 g/mol. The quantitative estimate of drug-likeness (QED) is 0.501. The van der Waals surface area contributed by atoms with Crippen molar-refractivity contribution in [3.8, 4) is 28.8 Å². The van der Waals surface area contributed by atoms with Crippen LogP contribution in [0.5, 0.6) is 11.6 Å². The van der Waals surface area contributed by atoms with E-state index in [9.17, 15) is 4.79 Å². The molecule has 1 radical (unpaired) electrons. The standard InChI is InChI=1S/C19H11Cl3N5O2/c20-15-6-12(24-25-13(9-23)10-28)7-16(21)18(15)29-17-8-14(19(22)27-26-17)11-4-2-1-3-5-11/h1-8,13,24-25H. The first-order valence-corrected chi connectivity index (χ1v) is 9.19. The molecule has 10 heteroatoms. The summed E-state index contributed by atoms with van der Waals surface area (Å²) in [6.45, 7) is 0. The summed E-state index contributed by atoms with van der Waals surface area (Å²) < 4.78 is 5.72. The van der Waals surface area contributed by atoms with Gasteiger partial charge in [0.05, 0.1) is 21.8 Å². The molecule has 2 N–H and O–H groups in total. The van der Waals surface area contributed by atoms with Gasteiger partial charge in [-0.15, -0.1) is 10.2 Å². The number of benzene rings is 2. The van der Waals surface area contributed by atoms with Crippen LogP contribution < -0.4 is 15.6 Å². The average Bonchev–Trinajstić information content (AvgIpc) is 2.73. The van der Waals surface area contributed by atoms with Crippen LogP contribution in [0.2, 0.25) is 15.2 Å². The number of carbonyl (C=O) groups excluding carboxylic acids is 1. The van der Waals surface area contributed by atoms with Gasteiger partial charge in [0.15, 0.2) is 16.9 Å². The van der Waals surface area contributed by atoms with Crippen molar-refractivity contribution in [3.63, 3.8) is 0 Å². The summed E-state index contributed by atoms with van der Waals surface area (Å²) in [5, 5.41) is 17.1. The Balaban J connectivity index is 1.84. The molecule has 3 rings (SSSR count). The van der Waals surface area contributed by atoms with Crippen LogP contribution in [0.4, 0.5) is 5.69 Å². The minimum atomic E-state index is -1.15. The van der Waals surface area contributed by atoms with Gasteiger partial charge >= 0.3 is 0 Å². The number of hydrogen-bond donors (Lipinski definition) is 2. The van der Waals surface area contributed by atoms with Crippen molar-refractivity contribution >= 4 is 46.8 Å². The molecule has 0 aliphatic carbocycles. The number of halogens is 3. The molecule has 1 aromatic heterocycles. The lowest BCUT2D eigenvalue weighted by Gasteiger charge is -2.13. The second-order valence-corrected chi connectivity index (χ2v) is 6.75. The van der Waals surface area contributed by atoms with E-state index in [1.54, 1.807) is 12.1 Å². The molecule has 1 heterocycles. The van der Waals surface area contributed by atoms with Gasteiger partial charge in [-0.1, -0.05) is 65.1 Å². The first-order chi connectivity index (χ1) is 14.0. The van der Waals surface area contributed by atoms with E-state index < -0.39 is 6.04 Å². The van der Waals surface area contributed by atoms with Crippen LogP contribution in [0.3, 0.4) is 0 Å². The average molecular weight is 448 g/mol. The van der Waals surface area contributed by atoms with E-state index in [-0.39, 0.29) is 26.8 Å². The molecule has 145 valence electrons. The van der Waals surface area contributed by atoms with Gasteiger partial charge in [0.2, 0.25) is 12.2 Å². The van der Waals surface area contributed by atoms with Crippen LogP contribution in [0.25, 0.3) is 11.1 Å². The maximum atomic E-state index is 10.6. The SMILES string of the molecule is N#CC([C]=O)NNc1cc(Cl)c(Oc2cc(-c3ccccc3)c(Cl)nn2)c(Cl)c1. The van der Waals surface area contributed by atoms with E-state index in [1.807, 2.05) is 30.3 Å². The second-order valence-electron chi connectivity index (χ2n) is 5.57. The number of aromatic nitrogens is 2. The van der Waals surface area contributed by atoms with Crippen molar-refractivity contribution in [2.45, 2.75) is 6.04 Å². The number of ether oxygens (including phenoxy) is 1. The van der Waals surface area contributed by atoms with Crippen LogP contribution in [0, 0.1) is 11.3 Å². The Bertz CT molecular complexity index is 1050. The fourth-order valence-corrected chi connectivity index (χ4v) is 3.07. The smallest absolute Gasteiger partial charge is 0.239 e. The van der Waals surface area contributed by atoms with E-state index in [0.717, 1.165) is 5.56 Å². The van der Waals surface area contributed by atoms with Crippen LogP contribution >= 0.6 is 34.8 Å². The van der Waals surface area contributed by atoms with Crippen molar-refractivity contribution in [2.75, 3.05) is 5.43 Å². The molecule has 2 aromatic carbocycles. The summed E-state index contributed by atoms with van der Waals surface area (Å²) in [5.74, 6) is 0.310. The number of nitriles is 1. The normalized spacial score (nSPS) is 11.4. The Morgan fingerprint density at radius 1 is 1.03 bits per heavy atom. The first kappa shape index (κ1) is 20.8. The highest BCUT2D eigenvalue weighted by molar-refractivity contribution is 6.37. The van der Waals surface area contributed by atoms with Gasteiger partial charge in [0, 0.05) is 11.6 Å². The van der Waals surface area contributed by atoms with E-state index in [2.05, 4.69) is 21.0 Å². The van der Waals surface area contributed by atoms with Crippen molar-refractivity contribution in [3.05, 3.63) is 63.7 Å². The minimum absolute atomic E-state index is 0.149. The maximum absolute atomic E-state index is 10.6. The minimum Gasteiger partial charge on any atom is -0.434 e. The predicted molar refractivity (Wildman–Crippen MR) is 111 cm³/mol. The molecule has 7 nitrogen and oxygen atoms in total. The zero-order valence-electron chi connectivity index (χ0n) is 14.5.